The van der Waals surface area contributed by atoms with E-state index in [2.05, 4.69) is 6.58 Å². The van der Waals surface area contributed by atoms with Crippen molar-refractivity contribution in [3.8, 4) is 0 Å². The van der Waals surface area contributed by atoms with Gasteiger partial charge >= 0.3 is 0 Å². The minimum atomic E-state index is -1.12. The molecule has 2 aliphatic carbocycles. The number of benzene rings is 1. The monoisotopic (exact) mass is 214 g/mol. The third-order valence-electron chi connectivity index (χ3n) is 4.05. The number of hydrogen-bond acceptors (Lipinski definition) is 2. The van der Waals surface area contributed by atoms with Gasteiger partial charge in [-0.1, -0.05) is 30.3 Å². The zero-order valence-electron chi connectivity index (χ0n) is 9.07. The maximum Gasteiger partial charge on any atom is 0.195 e. The molecule has 82 valence electrons. The predicted octanol–water partition coefficient (Wildman–Crippen LogP) is 2.12. The highest BCUT2D eigenvalue weighted by Crippen LogP contribution is 2.64. The maximum absolute atomic E-state index is 12.2. The van der Waals surface area contributed by atoms with Crippen molar-refractivity contribution in [2.24, 2.45) is 5.41 Å². The smallest absolute Gasteiger partial charge is 0.195 e. The van der Waals surface area contributed by atoms with Gasteiger partial charge in [-0.05, 0) is 24.8 Å². The molecule has 2 unspecified atom stereocenters. The SMILES string of the molecule is C=CCC12Cc3ccccc3C(=O)C1(O)C2. The Labute approximate surface area is 94.6 Å². The van der Waals surface area contributed by atoms with Crippen LogP contribution in [0.15, 0.2) is 36.9 Å². The highest BCUT2D eigenvalue weighted by Gasteiger charge is 2.72. The average molecular weight is 214 g/mol. The molecule has 0 spiro atoms. The highest BCUT2D eigenvalue weighted by atomic mass is 16.3. The number of rotatable bonds is 2. The summed E-state index contributed by atoms with van der Waals surface area (Å²) in [5.41, 5.74) is 0.383. The van der Waals surface area contributed by atoms with Crippen LogP contribution < -0.4 is 0 Å². The molecule has 1 fully saturated rings. The van der Waals surface area contributed by atoms with Gasteiger partial charge in [0.25, 0.3) is 0 Å². The molecule has 1 saturated carbocycles. The summed E-state index contributed by atoms with van der Waals surface area (Å²) in [5, 5.41) is 10.3. The van der Waals surface area contributed by atoms with E-state index in [-0.39, 0.29) is 11.2 Å². The van der Waals surface area contributed by atoms with Crippen molar-refractivity contribution >= 4 is 5.78 Å². The third-order valence-corrected chi connectivity index (χ3v) is 4.05. The molecule has 0 radical (unpaired) electrons. The second-order valence-corrected chi connectivity index (χ2v) is 4.97. The molecular weight excluding hydrogens is 200 g/mol. The van der Waals surface area contributed by atoms with Crippen LogP contribution in [0.1, 0.15) is 28.8 Å². The van der Waals surface area contributed by atoms with Gasteiger partial charge in [-0.3, -0.25) is 4.79 Å². The lowest BCUT2D eigenvalue weighted by molar-refractivity contribution is 0.0531. The number of aliphatic hydroxyl groups is 1. The van der Waals surface area contributed by atoms with E-state index in [1.807, 2.05) is 24.3 Å². The van der Waals surface area contributed by atoms with Crippen LogP contribution in [-0.4, -0.2) is 16.5 Å². The van der Waals surface area contributed by atoms with Crippen LogP contribution in [0, 0.1) is 5.41 Å². The van der Waals surface area contributed by atoms with E-state index >= 15 is 0 Å². The fourth-order valence-corrected chi connectivity index (χ4v) is 3.05. The summed E-state index contributed by atoms with van der Waals surface area (Å²) in [5.74, 6) is -0.101. The molecule has 2 nitrogen and oxygen atoms in total. The Kier molecular flexibility index (Phi) is 1.73. The summed E-state index contributed by atoms with van der Waals surface area (Å²) < 4.78 is 0. The number of carbonyl (C=O) groups is 1. The van der Waals surface area contributed by atoms with E-state index in [9.17, 15) is 9.90 Å². The Bertz CT molecular complexity index is 491. The van der Waals surface area contributed by atoms with E-state index in [1.165, 1.54) is 0 Å². The van der Waals surface area contributed by atoms with Crippen molar-refractivity contribution in [2.75, 3.05) is 0 Å². The molecule has 1 N–H and O–H groups in total. The quantitative estimate of drug-likeness (QED) is 0.766. The summed E-state index contributed by atoms with van der Waals surface area (Å²) >= 11 is 0. The van der Waals surface area contributed by atoms with Crippen LogP contribution in [-0.2, 0) is 6.42 Å². The Morgan fingerprint density at radius 3 is 2.94 bits per heavy atom. The number of carbonyl (C=O) groups excluding carboxylic acids is 1. The van der Waals surface area contributed by atoms with Crippen molar-refractivity contribution in [3.05, 3.63) is 48.0 Å². The molecule has 0 saturated heterocycles. The van der Waals surface area contributed by atoms with Gasteiger partial charge in [0.1, 0.15) is 5.60 Å². The van der Waals surface area contributed by atoms with Crippen LogP contribution in [0.4, 0.5) is 0 Å². The molecule has 3 rings (SSSR count). The molecule has 2 aliphatic rings. The first kappa shape index (κ1) is 9.79. The first-order chi connectivity index (χ1) is 7.63. The molecule has 0 bridgehead atoms. The zero-order chi connectivity index (χ0) is 11.4. The number of hydrogen-bond donors (Lipinski definition) is 1. The van der Waals surface area contributed by atoms with Crippen molar-refractivity contribution in [3.63, 3.8) is 0 Å². The van der Waals surface area contributed by atoms with Crippen molar-refractivity contribution < 1.29 is 9.90 Å². The summed E-state index contributed by atoms with van der Waals surface area (Å²) in [6.45, 7) is 3.72. The summed E-state index contributed by atoms with van der Waals surface area (Å²) in [6.07, 6.45) is 3.89. The van der Waals surface area contributed by atoms with Crippen molar-refractivity contribution in [1.82, 2.24) is 0 Å². The van der Waals surface area contributed by atoms with Gasteiger partial charge in [0.2, 0.25) is 0 Å². The second-order valence-electron chi connectivity index (χ2n) is 4.97. The molecular formula is C14H14O2. The molecule has 16 heavy (non-hydrogen) atoms. The number of Topliss-reactive ketones (excluding diaryl/α,β-unsaturated/α-hetero) is 1. The molecule has 0 heterocycles. The minimum Gasteiger partial charge on any atom is -0.381 e. The fourth-order valence-electron chi connectivity index (χ4n) is 3.05. The van der Waals surface area contributed by atoms with Gasteiger partial charge in [-0.25, -0.2) is 0 Å². The van der Waals surface area contributed by atoms with Crippen LogP contribution in [0.3, 0.4) is 0 Å². The Hall–Kier alpha value is -1.41. The topological polar surface area (TPSA) is 37.3 Å². The molecule has 1 aromatic rings. The van der Waals surface area contributed by atoms with E-state index in [4.69, 9.17) is 0 Å². The largest absolute Gasteiger partial charge is 0.381 e. The van der Waals surface area contributed by atoms with Gasteiger partial charge in [0.15, 0.2) is 5.78 Å². The number of fused-ring (bicyclic) bond motifs is 2. The first-order valence-corrected chi connectivity index (χ1v) is 5.59. The molecule has 2 heteroatoms. The Morgan fingerprint density at radius 2 is 2.19 bits per heavy atom. The standard InChI is InChI=1S/C14H14O2/c1-2-7-13-8-10-5-3-4-6-11(10)12(15)14(13,16)9-13/h2-6,16H,1,7-9H2. The molecule has 0 aliphatic heterocycles. The number of allylic oxidation sites excluding steroid dienone is 1. The van der Waals surface area contributed by atoms with E-state index < -0.39 is 5.60 Å². The van der Waals surface area contributed by atoms with Crippen LogP contribution in [0.2, 0.25) is 0 Å². The van der Waals surface area contributed by atoms with Gasteiger partial charge in [0, 0.05) is 11.0 Å². The van der Waals surface area contributed by atoms with E-state index in [0.717, 1.165) is 12.0 Å². The summed E-state index contributed by atoms with van der Waals surface area (Å²) in [6, 6.07) is 7.59. The van der Waals surface area contributed by atoms with Gasteiger partial charge in [0.05, 0.1) is 0 Å². The lowest BCUT2D eigenvalue weighted by Gasteiger charge is -2.26. The second kappa shape index (κ2) is 2.83. The minimum absolute atomic E-state index is 0.101. The van der Waals surface area contributed by atoms with Crippen LogP contribution in [0.25, 0.3) is 0 Å². The Morgan fingerprint density at radius 1 is 1.44 bits per heavy atom. The molecule has 2 atom stereocenters. The summed E-state index contributed by atoms with van der Waals surface area (Å²) in [7, 11) is 0. The lowest BCUT2D eigenvalue weighted by Crippen LogP contribution is -2.36. The highest BCUT2D eigenvalue weighted by molar-refractivity contribution is 6.08. The lowest BCUT2D eigenvalue weighted by atomic mass is 9.79. The fraction of sp³-hybridized carbons (Fsp3) is 0.357. The zero-order valence-corrected chi connectivity index (χ0v) is 9.07. The predicted molar refractivity (Wildman–Crippen MR) is 61.3 cm³/mol. The average Bonchev–Trinajstić information content (AvgIpc) is 2.86. The first-order valence-electron chi connectivity index (χ1n) is 5.59. The number of ketones is 1. The third kappa shape index (κ3) is 0.978. The van der Waals surface area contributed by atoms with Crippen LogP contribution >= 0.6 is 0 Å². The van der Waals surface area contributed by atoms with Gasteiger partial charge in [-0.2, -0.15) is 0 Å². The van der Waals surface area contributed by atoms with Crippen molar-refractivity contribution in [2.45, 2.75) is 24.9 Å². The maximum atomic E-state index is 12.2. The van der Waals surface area contributed by atoms with Crippen molar-refractivity contribution in [1.29, 1.82) is 0 Å². The van der Waals surface area contributed by atoms with Gasteiger partial charge in [-0.15, -0.1) is 6.58 Å². The van der Waals surface area contributed by atoms with E-state index in [0.29, 0.717) is 18.4 Å². The molecule has 1 aromatic carbocycles. The van der Waals surface area contributed by atoms with Crippen LogP contribution in [0.5, 0.6) is 0 Å². The molecule has 0 amide bonds. The Balaban J connectivity index is 2.11. The molecule has 0 aromatic heterocycles. The van der Waals surface area contributed by atoms with E-state index in [1.54, 1.807) is 6.08 Å². The van der Waals surface area contributed by atoms with Gasteiger partial charge < -0.3 is 5.11 Å². The normalized spacial score (nSPS) is 35.2. The summed E-state index contributed by atoms with van der Waals surface area (Å²) in [4.78, 5) is 12.2.